The summed E-state index contributed by atoms with van der Waals surface area (Å²) < 4.78 is 5.31. The molecule has 2 N–H and O–H groups in total. The molecular formula is C11H21NO2. The van der Waals surface area contributed by atoms with E-state index < -0.39 is 5.54 Å². The summed E-state index contributed by atoms with van der Waals surface area (Å²) in [6, 6.07) is 0. The molecule has 0 saturated heterocycles. The second-order valence-corrected chi connectivity index (χ2v) is 4.37. The second kappa shape index (κ2) is 4.78. The number of esters is 1. The fraction of sp³-hybridized carbons (Fsp3) is 0.909. The van der Waals surface area contributed by atoms with Crippen LogP contribution in [0.1, 0.15) is 52.4 Å². The Morgan fingerprint density at radius 1 is 1.50 bits per heavy atom. The Hall–Kier alpha value is -0.570. The summed E-state index contributed by atoms with van der Waals surface area (Å²) in [5, 5.41) is 0. The van der Waals surface area contributed by atoms with Gasteiger partial charge in [0.25, 0.3) is 0 Å². The Bertz CT molecular complexity index is 197. The quantitative estimate of drug-likeness (QED) is 0.704. The van der Waals surface area contributed by atoms with Gasteiger partial charge in [-0.05, 0) is 26.2 Å². The molecule has 0 radical (unpaired) electrons. The fourth-order valence-electron chi connectivity index (χ4n) is 1.98. The molecule has 1 atom stereocenters. The van der Waals surface area contributed by atoms with Crippen LogP contribution in [0.15, 0.2) is 0 Å². The van der Waals surface area contributed by atoms with Gasteiger partial charge in [-0.3, -0.25) is 4.79 Å². The lowest BCUT2D eigenvalue weighted by Crippen LogP contribution is -2.47. The molecule has 0 aromatic carbocycles. The van der Waals surface area contributed by atoms with Crippen LogP contribution in [0, 0.1) is 0 Å². The molecule has 1 aliphatic carbocycles. The van der Waals surface area contributed by atoms with Crippen molar-refractivity contribution in [2.24, 2.45) is 5.73 Å². The molecule has 1 unspecified atom stereocenters. The van der Waals surface area contributed by atoms with Crippen molar-refractivity contribution in [1.29, 1.82) is 0 Å². The van der Waals surface area contributed by atoms with E-state index in [1.54, 1.807) is 0 Å². The molecule has 0 amide bonds. The average Bonchev–Trinajstić information content (AvgIpc) is 2.54. The van der Waals surface area contributed by atoms with Crippen molar-refractivity contribution in [2.75, 3.05) is 0 Å². The second-order valence-electron chi connectivity index (χ2n) is 4.37. The van der Waals surface area contributed by atoms with E-state index in [4.69, 9.17) is 10.5 Å². The van der Waals surface area contributed by atoms with Crippen molar-refractivity contribution >= 4 is 5.97 Å². The van der Waals surface area contributed by atoms with Crippen molar-refractivity contribution in [2.45, 2.75) is 64.0 Å². The molecule has 1 saturated carbocycles. The lowest BCUT2D eigenvalue weighted by Gasteiger charge is -2.23. The van der Waals surface area contributed by atoms with Gasteiger partial charge >= 0.3 is 5.97 Å². The van der Waals surface area contributed by atoms with Gasteiger partial charge in [-0.1, -0.05) is 26.2 Å². The first-order valence-corrected chi connectivity index (χ1v) is 5.58. The minimum Gasteiger partial charge on any atom is -0.461 e. The number of hydrogen-bond acceptors (Lipinski definition) is 3. The van der Waals surface area contributed by atoms with Gasteiger partial charge in [0.1, 0.15) is 5.54 Å². The Morgan fingerprint density at radius 2 is 2.07 bits per heavy atom. The molecule has 1 rings (SSSR count). The van der Waals surface area contributed by atoms with E-state index in [1.807, 2.05) is 6.92 Å². The maximum atomic E-state index is 11.7. The lowest BCUT2D eigenvalue weighted by molar-refractivity contribution is -0.155. The van der Waals surface area contributed by atoms with Crippen LogP contribution in [0.3, 0.4) is 0 Å². The zero-order valence-corrected chi connectivity index (χ0v) is 9.21. The molecule has 0 bridgehead atoms. The SMILES string of the molecule is CCCC(C)OC(=O)C1(N)CCCC1. The van der Waals surface area contributed by atoms with Crippen molar-refractivity contribution in [3.05, 3.63) is 0 Å². The number of nitrogens with two attached hydrogens (primary N) is 1. The molecule has 82 valence electrons. The van der Waals surface area contributed by atoms with Crippen LogP contribution in [0.5, 0.6) is 0 Å². The molecule has 3 heteroatoms. The molecule has 1 fully saturated rings. The number of carbonyl (C=O) groups excluding carboxylic acids is 1. The first-order valence-electron chi connectivity index (χ1n) is 5.58. The van der Waals surface area contributed by atoms with E-state index >= 15 is 0 Å². The first kappa shape index (κ1) is 11.5. The van der Waals surface area contributed by atoms with Gasteiger partial charge in [-0.25, -0.2) is 0 Å². The van der Waals surface area contributed by atoms with Gasteiger partial charge in [-0.2, -0.15) is 0 Å². The maximum Gasteiger partial charge on any atom is 0.326 e. The molecule has 0 heterocycles. The monoisotopic (exact) mass is 199 g/mol. The summed E-state index contributed by atoms with van der Waals surface area (Å²) in [5.41, 5.74) is 5.29. The Morgan fingerprint density at radius 3 is 2.57 bits per heavy atom. The number of hydrogen-bond donors (Lipinski definition) is 1. The van der Waals surface area contributed by atoms with Crippen molar-refractivity contribution in [3.63, 3.8) is 0 Å². The predicted octanol–water partition coefficient (Wildman–Crippen LogP) is 1.99. The topological polar surface area (TPSA) is 52.3 Å². The molecule has 0 aliphatic heterocycles. The van der Waals surface area contributed by atoms with E-state index in [0.717, 1.165) is 38.5 Å². The van der Waals surface area contributed by atoms with Crippen molar-refractivity contribution in [3.8, 4) is 0 Å². The smallest absolute Gasteiger partial charge is 0.326 e. The Labute approximate surface area is 86.0 Å². The summed E-state index contributed by atoms with van der Waals surface area (Å²) in [6.07, 6.45) is 5.62. The number of rotatable bonds is 4. The van der Waals surface area contributed by atoms with Crippen LogP contribution in [0.25, 0.3) is 0 Å². The van der Waals surface area contributed by atoms with Gasteiger partial charge in [0.2, 0.25) is 0 Å². The molecule has 1 aliphatic rings. The minimum atomic E-state index is -0.679. The number of ether oxygens (including phenoxy) is 1. The zero-order chi connectivity index (χ0) is 10.6. The van der Waals surface area contributed by atoms with Crippen LogP contribution < -0.4 is 5.73 Å². The normalized spacial score (nSPS) is 21.9. The largest absolute Gasteiger partial charge is 0.461 e. The minimum absolute atomic E-state index is 0.00789. The van der Waals surface area contributed by atoms with Gasteiger partial charge < -0.3 is 10.5 Å². The highest BCUT2D eigenvalue weighted by Crippen LogP contribution is 2.28. The average molecular weight is 199 g/mol. The maximum absolute atomic E-state index is 11.7. The third kappa shape index (κ3) is 2.71. The van der Waals surface area contributed by atoms with Gasteiger partial charge in [0.15, 0.2) is 0 Å². The molecule has 0 spiro atoms. The van der Waals surface area contributed by atoms with Gasteiger partial charge in [0, 0.05) is 0 Å². The highest BCUT2D eigenvalue weighted by atomic mass is 16.5. The van der Waals surface area contributed by atoms with Crippen molar-refractivity contribution in [1.82, 2.24) is 0 Å². The first-order chi connectivity index (χ1) is 6.58. The fourth-order valence-corrected chi connectivity index (χ4v) is 1.98. The highest BCUT2D eigenvalue weighted by Gasteiger charge is 2.39. The summed E-state index contributed by atoms with van der Waals surface area (Å²) in [7, 11) is 0. The molecule has 0 aromatic heterocycles. The van der Waals surface area contributed by atoms with Crippen LogP contribution in [-0.4, -0.2) is 17.6 Å². The number of carbonyl (C=O) groups is 1. The van der Waals surface area contributed by atoms with Crippen LogP contribution >= 0.6 is 0 Å². The third-order valence-electron chi connectivity index (χ3n) is 2.91. The van der Waals surface area contributed by atoms with E-state index in [9.17, 15) is 4.79 Å². The van der Waals surface area contributed by atoms with Crippen molar-refractivity contribution < 1.29 is 9.53 Å². The summed E-state index contributed by atoms with van der Waals surface area (Å²) in [4.78, 5) is 11.7. The predicted molar refractivity (Wildman–Crippen MR) is 55.8 cm³/mol. The molecular weight excluding hydrogens is 178 g/mol. The third-order valence-corrected chi connectivity index (χ3v) is 2.91. The summed E-state index contributed by atoms with van der Waals surface area (Å²) >= 11 is 0. The zero-order valence-electron chi connectivity index (χ0n) is 9.21. The summed E-state index contributed by atoms with van der Waals surface area (Å²) in [6.45, 7) is 4.01. The standard InChI is InChI=1S/C11H21NO2/c1-3-6-9(2)14-10(13)11(12)7-4-5-8-11/h9H,3-8,12H2,1-2H3. The molecule has 0 aromatic rings. The van der Waals surface area contributed by atoms with Crippen LogP contribution in [0.2, 0.25) is 0 Å². The highest BCUT2D eigenvalue weighted by molar-refractivity contribution is 5.81. The lowest BCUT2D eigenvalue weighted by atomic mass is 10.00. The summed E-state index contributed by atoms with van der Waals surface area (Å²) in [5.74, 6) is -0.198. The Kier molecular flexibility index (Phi) is 3.93. The van der Waals surface area contributed by atoms with Crippen LogP contribution in [0.4, 0.5) is 0 Å². The van der Waals surface area contributed by atoms with E-state index in [1.165, 1.54) is 0 Å². The van der Waals surface area contributed by atoms with E-state index in [2.05, 4.69) is 6.92 Å². The molecule has 3 nitrogen and oxygen atoms in total. The van der Waals surface area contributed by atoms with Gasteiger partial charge in [0.05, 0.1) is 6.10 Å². The van der Waals surface area contributed by atoms with E-state index in [0.29, 0.717) is 0 Å². The van der Waals surface area contributed by atoms with Gasteiger partial charge in [-0.15, -0.1) is 0 Å². The molecule has 14 heavy (non-hydrogen) atoms. The Balaban J connectivity index is 2.40. The van der Waals surface area contributed by atoms with Crippen LogP contribution in [-0.2, 0) is 9.53 Å². The van der Waals surface area contributed by atoms with E-state index in [-0.39, 0.29) is 12.1 Å².